The molecule has 0 saturated heterocycles. The van der Waals surface area contributed by atoms with Crippen LogP contribution in [0.25, 0.3) is 0 Å². The van der Waals surface area contributed by atoms with Crippen molar-refractivity contribution in [3.05, 3.63) is 29.8 Å². The number of nitrogens with two attached hydrogens (primary N) is 1. The number of ether oxygens (including phenoxy) is 1. The van der Waals surface area contributed by atoms with Gasteiger partial charge in [-0.3, -0.25) is 4.79 Å². The van der Waals surface area contributed by atoms with E-state index in [0.717, 1.165) is 30.6 Å². The van der Waals surface area contributed by atoms with Gasteiger partial charge in [-0.05, 0) is 32.4 Å². The number of para-hydroxylation sites is 1. The molecule has 1 rings (SSSR count). The van der Waals surface area contributed by atoms with Crippen LogP contribution >= 0.6 is 0 Å². The summed E-state index contributed by atoms with van der Waals surface area (Å²) < 4.78 is 5.33. The first-order valence-corrected chi connectivity index (χ1v) is 7.32. The summed E-state index contributed by atoms with van der Waals surface area (Å²) >= 11 is 0. The van der Waals surface area contributed by atoms with Crippen molar-refractivity contribution in [1.82, 2.24) is 4.90 Å². The number of benzene rings is 1. The van der Waals surface area contributed by atoms with E-state index in [-0.39, 0.29) is 5.91 Å². The Morgan fingerprint density at radius 1 is 1.25 bits per heavy atom. The number of methoxy groups -OCH3 is 1. The summed E-state index contributed by atoms with van der Waals surface area (Å²) in [7, 11) is 1.66. The van der Waals surface area contributed by atoms with Crippen LogP contribution in [0.2, 0.25) is 0 Å². The molecule has 0 heterocycles. The number of hydrogen-bond acceptors (Lipinski definition) is 3. The Kier molecular flexibility index (Phi) is 7.73. The van der Waals surface area contributed by atoms with Gasteiger partial charge in [-0.15, -0.1) is 0 Å². The van der Waals surface area contributed by atoms with Crippen molar-refractivity contribution in [3.63, 3.8) is 0 Å². The van der Waals surface area contributed by atoms with Gasteiger partial charge in [-0.1, -0.05) is 24.6 Å². The molecular formula is C16H26N2O2. The van der Waals surface area contributed by atoms with Crippen LogP contribution in [0.5, 0.6) is 5.75 Å². The summed E-state index contributed by atoms with van der Waals surface area (Å²) in [5.41, 5.74) is 6.50. The molecule has 4 heteroatoms. The Balaban J connectivity index is 2.55. The molecule has 0 aromatic heterocycles. The minimum Gasteiger partial charge on any atom is -0.496 e. The van der Waals surface area contributed by atoms with Crippen molar-refractivity contribution in [2.24, 2.45) is 5.73 Å². The van der Waals surface area contributed by atoms with Gasteiger partial charge in [0.2, 0.25) is 5.91 Å². The van der Waals surface area contributed by atoms with Gasteiger partial charge in [-0.25, -0.2) is 0 Å². The summed E-state index contributed by atoms with van der Waals surface area (Å²) in [5.74, 6) is 1.04. The van der Waals surface area contributed by atoms with E-state index in [0.29, 0.717) is 26.1 Å². The summed E-state index contributed by atoms with van der Waals surface area (Å²) in [6, 6.07) is 7.84. The molecule has 1 aromatic carbocycles. The Hall–Kier alpha value is -1.55. The molecule has 0 saturated carbocycles. The Labute approximate surface area is 121 Å². The van der Waals surface area contributed by atoms with Crippen molar-refractivity contribution in [3.8, 4) is 5.75 Å². The summed E-state index contributed by atoms with van der Waals surface area (Å²) in [4.78, 5) is 14.1. The molecule has 20 heavy (non-hydrogen) atoms. The molecule has 0 bridgehead atoms. The second kappa shape index (κ2) is 9.37. The van der Waals surface area contributed by atoms with Crippen LogP contribution < -0.4 is 10.5 Å². The molecule has 0 unspecified atom stereocenters. The van der Waals surface area contributed by atoms with Crippen LogP contribution in [0.1, 0.15) is 38.2 Å². The van der Waals surface area contributed by atoms with E-state index < -0.39 is 0 Å². The van der Waals surface area contributed by atoms with Crippen LogP contribution in [0.4, 0.5) is 0 Å². The van der Waals surface area contributed by atoms with E-state index in [1.165, 1.54) is 0 Å². The van der Waals surface area contributed by atoms with Crippen molar-refractivity contribution in [1.29, 1.82) is 0 Å². The first-order valence-electron chi connectivity index (χ1n) is 7.32. The van der Waals surface area contributed by atoms with E-state index in [2.05, 4.69) is 0 Å². The van der Waals surface area contributed by atoms with Crippen molar-refractivity contribution in [2.45, 2.75) is 39.2 Å². The molecule has 0 aliphatic heterocycles. The number of carbonyl (C=O) groups is 1. The van der Waals surface area contributed by atoms with Gasteiger partial charge in [0.1, 0.15) is 5.75 Å². The van der Waals surface area contributed by atoms with Crippen molar-refractivity contribution >= 4 is 5.91 Å². The highest BCUT2D eigenvalue weighted by Crippen LogP contribution is 2.19. The molecule has 1 amide bonds. The van der Waals surface area contributed by atoms with Crippen LogP contribution in [0.15, 0.2) is 24.3 Å². The van der Waals surface area contributed by atoms with Gasteiger partial charge >= 0.3 is 0 Å². The van der Waals surface area contributed by atoms with E-state index in [1.807, 2.05) is 36.1 Å². The molecular weight excluding hydrogens is 252 g/mol. The number of carbonyl (C=O) groups excluding carboxylic acids is 1. The third-order valence-electron chi connectivity index (χ3n) is 3.38. The minimum atomic E-state index is 0.204. The summed E-state index contributed by atoms with van der Waals surface area (Å²) in [6.45, 7) is 4.03. The highest BCUT2D eigenvalue weighted by atomic mass is 16.5. The Bertz CT molecular complexity index is 407. The van der Waals surface area contributed by atoms with Gasteiger partial charge in [0.25, 0.3) is 0 Å². The lowest BCUT2D eigenvalue weighted by molar-refractivity contribution is -0.131. The van der Waals surface area contributed by atoms with Crippen LogP contribution in [0.3, 0.4) is 0 Å². The molecule has 0 aliphatic carbocycles. The van der Waals surface area contributed by atoms with Gasteiger partial charge in [0.15, 0.2) is 0 Å². The maximum absolute atomic E-state index is 12.2. The highest BCUT2D eigenvalue weighted by molar-refractivity contribution is 5.76. The van der Waals surface area contributed by atoms with Gasteiger partial charge in [-0.2, -0.15) is 0 Å². The first-order chi connectivity index (χ1) is 9.72. The molecule has 0 spiro atoms. The maximum atomic E-state index is 12.2. The molecule has 4 nitrogen and oxygen atoms in total. The molecule has 0 fully saturated rings. The maximum Gasteiger partial charge on any atom is 0.222 e. The standard InChI is InChI=1S/C16H26N2O2/c1-3-18(16(19)11-5-4-8-12-17)13-14-9-6-7-10-15(14)20-2/h6-7,9-10H,3-5,8,11-13,17H2,1-2H3. The first kappa shape index (κ1) is 16.5. The number of hydrogen-bond donors (Lipinski definition) is 1. The smallest absolute Gasteiger partial charge is 0.222 e. The van der Waals surface area contributed by atoms with Crippen LogP contribution in [-0.4, -0.2) is 31.0 Å². The lowest BCUT2D eigenvalue weighted by atomic mass is 10.1. The van der Waals surface area contributed by atoms with Crippen LogP contribution in [-0.2, 0) is 11.3 Å². The molecule has 0 aliphatic rings. The number of rotatable bonds is 9. The zero-order chi connectivity index (χ0) is 14.8. The minimum absolute atomic E-state index is 0.204. The third kappa shape index (κ3) is 5.21. The van der Waals surface area contributed by atoms with Gasteiger partial charge in [0.05, 0.1) is 7.11 Å². The Morgan fingerprint density at radius 2 is 2.00 bits per heavy atom. The second-order valence-corrected chi connectivity index (χ2v) is 4.82. The number of unbranched alkanes of at least 4 members (excludes halogenated alkanes) is 2. The zero-order valence-corrected chi connectivity index (χ0v) is 12.6. The topological polar surface area (TPSA) is 55.6 Å². The normalized spacial score (nSPS) is 10.3. The van der Waals surface area contributed by atoms with E-state index in [1.54, 1.807) is 7.11 Å². The average Bonchev–Trinajstić information content (AvgIpc) is 2.49. The lowest BCUT2D eigenvalue weighted by Crippen LogP contribution is -2.30. The monoisotopic (exact) mass is 278 g/mol. The molecule has 0 radical (unpaired) electrons. The molecule has 112 valence electrons. The largest absolute Gasteiger partial charge is 0.496 e. The third-order valence-corrected chi connectivity index (χ3v) is 3.38. The van der Waals surface area contributed by atoms with E-state index in [4.69, 9.17) is 10.5 Å². The van der Waals surface area contributed by atoms with Crippen molar-refractivity contribution < 1.29 is 9.53 Å². The quantitative estimate of drug-likeness (QED) is 0.706. The average molecular weight is 278 g/mol. The van der Waals surface area contributed by atoms with E-state index in [9.17, 15) is 4.79 Å². The fourth-order valence-corrected chi connectivity index (χ4v) is 2.17. The number of nitrogens with zero attached hydrogens (tertiary/aromatic N) is 1. The van der Waals surface area contributed by atoms with Gasteiger partial charge in [0, 0.05) is 25.1 Å². The molecule has 0 atom stereocenters. The van der Waals surface area contributed by atoms with Crippen LogP contribution in [0, 0.1) is 0 Å². The van der Waals surface area contributed by atoms with E-state index >= 15 is 0 Å². The molecule has 1 aromatic rings. The fraction of sp³-hybridized carbons (Fsp3) is 0.562. The number of amides is 1. The zero-order valence-electron chi connectivity index (χ0n) is 12.6. The predicted molar refractivity (Wildman–Crippen MR) is 81.6 cm³/mol. The SMILES string of the molecule is CCN(Cc1ccccc1OC)C(=O)CCCCCN. The second-order valence-electron chi connectivity index (χ2n) is 4.82. The highest BCUT2D eigenvalue weighted by Gasteiger charge is 2.13. The Morgan fingerprint density at radius 3 is 2.65 bits per heavy atom. The lowest BCUT2D eigenvalue weighted by Gasteiger charge is -2.22. The summed E-state index contributed by atoms with van der Waals surface area (Å²) in [5, 5.41) is 0. The predicted octanol–water partition coefficient (Wildman–Crippen LogP) is 2.56. The molecule has 2 N–H and O–H groups in total. The summed E-state index contributed by atoms with van der Waals surface area (Å²) in [6.07, 6.45) is 3.53. The van der Waals surface area contributed by atoms with Crippen molar-refractivity contribution in [2.75, 3.05) is 20.2 Å². The van der Waals surface area contributed by atoms with Gasteiger partial charge < -0.3 is 15.4 Å². The fourth-order valence-electron chi connectivity index (χ4n) is 2.17.